The minimum Gasteiger partial charge on any atom is -0.324 e. The highest BCUT2D eigenvalue weighted by Crippen LogP contribution is 2.47. The first kappa shape index (κ1) is 16.4. The first-order chi connectivity index (χ1) is 11.0. The van der Waals surface area contributed by atoms with E-state index in [-0.39, 0.29) is 22.7 Å². The molecular formula is C18H24N2O2S. The summed E-state index contributed by atoms with van der Waals surface area (Å²) in [6, 6.07) is 7.61. The first-order valence-electron chi connectivity index (χ1n) is 8.32. The van der Waals surface area contributed by atoms with Gasteiger partial charge in [-0.3, -0.25) is 9.59 Å². The topological polar surface area (TPSA) is 49.4 Å². The van der Waals surface area contributed by atoms with E-state index in [1.807, 2.05) is 18.2 Å². The summed E-state index contributed by atoms with van der Waals surface area (Å²) in [4.78, 5) is 26.6. The molecule has 1 aromatic carbocycles. The Bertz CT molecular complexity index is 633. The predicted molar refractivity (Wildman–Crippen MR) is 94.5 cm³/mol. The normalized spacial score (nSPS) is 27.9. The van der Waals surface area contributed by atoms with Gasteiger partial charge in [0.2, 0.25) is 11.8 Å². The lowest BCUT2D eigenvalue weighted by Crippen LogP contribution is -2.48. The maximum atomic E-state index is 12.8. The van der Waals surface area contributed by atoms with Crippen molar-refractivity contribution in [1.29, 1.82) is 0 Å². The Kier molecular flexibility index (Phi) is 4.41. The minimum absolute atomic E-state index is 0.0628. The number of thioether (sulfide) groups is 1. The molecule has 0 bridgehead atoms. The lowest BCUT2D eigenvalue weighted by molar-refractivity contribution is -0.135. The third-order valence-corrected chi connectivity index (χ3v) is 6.61. The van der Waals surface area contributed by atoms with Gasteiger partial charge in [0.15, 0.2) is 0 Å². The van der Waals surface area contributed by atoms with E-state index in [0.29, 0.717) is 18.1 Å². The van der Waals surface area contributed by atoms with E-state index < -0.39 is 0 Å². The smallest absolute Gasteiger partial charge is 0.248 e. The molecule has 2 heterocycles. The summed E-state index contributed by atoms with van der Waals surface area (Å²) in [5, 5.41) is 3.07. The summed E-state index contributed by atoms with van der Waals surface area (Å²) >= 11 is 1.73. The molecule has 0 spiro atoms. The number of carbonyl (C=O) groups excluding carboxylic acids is 2. The van der Waals surface area contributed by atoms with Crippen LogP contribution in [0.2, 0.25) is 0 Å². The SMILES string of the molecule is CC[C@@H](C)c1ccccc1NC(=O)[C@@H]1CS[C@@]2(C)CCC(=O)N12. The van der Waals surface area contributed by atoms with Gasteiger partial charge in [-0.15, -0.1) is 11.8 Å². The van der Waals surface area contributed by atoms with E-state index in [1.54, 1.807) is 16.7 Å². The summed E-state index contributed by atoms with van der Waals surface area (Å²) in [5.74, 6) is 1.11. The Morgan fingerprint density at radius 3 is 2.96 bits per heavy atom. The van der Waals surface area contributed by atoms with Crippen LogP contribution < -0.4 is 5.32 Å². The molecule has 2 saturated heterocycles. The highest BCUT2D eigenvalue weighted by atomic mass is 32.2. The van der Waals surface area contributed by atoms with Gasteiger partial charge in [-0.25, -0.2) is 0 Å². The maximum absolute atomic E-state index is 12.8. The van der Waals surface area contributed by atoms with Crippen molar-refractivity contribution >= 4 is 29.3 Å². The number of rotatable bonds is 4. The number of nitrogens with zero attached hydrogens (tertiary/aromatic N) is 1. The van der Waals surface area contributed by atoms with Crippen LogP contribution >= 0.6 is 11.8 Å². The van der Waals surface area contributed by atoms with Crippen molar-refractivity contribution in [2.24, 2.45) is 0 Å². The van der Waals surface area contributed by atoms with Gasteiger partial charge in [0, 0.05) is 17.9 Å². The van der Waals surface area contributed by atoms with Crippen LogP contribution in [0.15, 0.2) is 24.3 Å². The summed E-state index contributed by atoms with van der Waals surface area (Å²) in [6.45, 7) is 6.38. The van der Waals surface area contributed by atoms with Crippen LogP contribution in [0.25, 0.3) is 0 Å². The highest BCUT2D eigenvalue weighted by Gasteiger charge is 2.52. The summed E-state index contributed by atoms with van der Waals surface area (Å²) < 4.78 is 0. The molecule has 5 heteroatoms. The number of hydrogen-bond acceptors (Lipinski definition) is 3. The van der Waals surface area contributed by atoms with Crippen molar-refractivity contribution in [3.8, 4) is 0 Å². The number of anilines is 1. The Labute approximate surface area is 142 Å². The van der Waals surface area contributed by atoms with Crippen LogP contribution in [0.5, 0.6) is 0 Å². The fourth-order valence-electron chi connectivity index (χ4n) is 3.49. The van der Waals surface area contributed by atoms with Crippen molar-refractivity contribution in [3.05, 3.63) is 29.8 Å². The largest absolute Gasteiger partial charge is 0.324 e. The Hall–Kier alpha value is -1.49. The molecule has 1 aromatic rings. The molecule has 4 nitrogen and oxygen atoms in total. The lowest BCUT2D eigenvalue weighted by atomic mass is 9.97. The third-order valence-electron chi connectivity index (χ3n) is 5.11. The van der Waals surface area contributed by atoms with Gasteiger partial charge in [-0.05, 0) is 37.3 Å². The third kappa shape index (κ3) is 2.87. The Morgan fingerprint density at radius 1 is 1.48 bits per heavy atom. The Morgan fingerprint density at radius 2 is 2.22 bits per heavy atom. The van der Waals surface area contributed by atoms with Crippen molar-refractivity contribution in [1.82, 2.24) is 4.90 Å². The second kappa shape index (κ2) is 6.19. The molecule has 2 aliphatic heterocycles. The van der Waals surface area contributed by atoms with Gasteiger partial charge in [-0.1, -0.05) is 32.0 Å². The monoisotopic (exact) mass is 332 g/mol. The molecule has 0 aromatic heterocycles. The van der Waals surface area contributed by atoms with Gasteiger partial charge in [0.1, 0.15) is 6.04 Å². The molecule has 3 rings (SSSR count). The standard InChI is InChI=1S/C18H24N2O2S/c1-4-12(2)13-7-5-6-8-14(13)19-17(22)15-11-23-18(3)10-9-16(21)20(15)18/h5-8,12,15H,4,9-11H2,1-3H3,(H,19,22)/t12-,15+,18+/m1/s1. The van der Waals surface area contributed by atoms with E-state index in [0.717, 1.165) is 24.1 Å². The molecule has 0 saturated carbocycles. The number of hydrogen-bond donors (Lipinski definition) is 1. The molecule has 0 aliphatic carbocycles. The van der Waals surface area contributed by atoms with Crippen molar-refractivity contribution in [2.45, 2.75) is 56.9 Å². The number of carbonyl (C=O) groups is 2. The van der Waals surface area contributed by atoms with E-state index in [2.05, 4.69) is 32.2 Å². The van der Waals surface area contributed by atoms with Crippen LogP contribution in [0.4, 0.5) is 5.69 Å². The van der Waals surface area contributed by atoms with E-state index in [9.17, 15) is 9.59 Å². The minimum atomic E-state index is -0.356. The Balaban J connectivity index is 1.79. The molecule has 2 aliphatic rings. The maximum Gasteiger partial charge on any atom is 0.248 e. The van der Waals surface area contributed by atoms with E-state index >= 15 is 0 Å². The zero-order valence-corrected chi connectivity index (χ0v) is 14.8. The van der Waals surface area contributed by atoms with Crippen molar-refractivity contribution < 1.29 is 9.59 Å². The van der Waals surface area contributed by atoms with E-state index in [1.165, 1.54) is 0 Å². The van der Waals surface area contributed by atoms with Gasteiger partial charge in [-0.2, -0.15) is 0 Å². The molecule has 0 unspecified atom stereocenters. The van der Waals surface area contributed by atoms with Gasteiger partial charge >= 0.3 is 0 Å². The number of nitrogens with one attached hydrogen (secondary N) is 1. The average molecular weight is 332 g/mol. The molecule has 2 amide bonds. The first-order valence-corrected chi connectivity index (χ1v) is 9.30. The van der Waals surface area contributed by atoms with Crippen LogP contribution in [0.1, 0.15) is 51.5 Å². The molecule has 124 valence electrons. The van der Waals surface area contributed by atoms with Crippen molar-refractivity contribution in [2.75, 3.05) is 11.1 Å². The second-order valence-corrected chi connectivity index (χ2v) is 8.15. The zero-order chi connectivity index (χ0) is 16.6. The zero-order valence-electron chi connectivity index (χ0n) is 14.0. The highest BCUT2D eigenvalue weighted by molar-refractivity contribution is 8.01. The number of benzene rings is 1. The molecule has 1 N–H and O–H groups in total. The summed E-state index contributed by atoms with van der Waals surface area (Å²) in [6.07, 6.45) is 2.41. The molecule has 2 fully saturated rings. The molecular weight excluding hydrogens is 308 g/mol. The van der Waals surface area contributed by atoms with Gasteiger partial charge < -0.3 is 10.2 Å². The second-order valence-electron chi connectivity index (χ2n) is 6.65. The summed E-state index contributed by atoms with van der Waals surface area (Å²) in [7, 11) is 0. The van der Waals surface area contributed by atoms with Crippen molar-refractivity contribution in [3.63, 3.8) is 0 Å². The van der Waals surface area contributed by atoms with Gasteiger partial charge in [0.25, 0.3) is 0 Å². The fraction of sp³-hybridized carbons (Fsp3) is 0.556. The molecule has 23 heavy (non-hydrogen) atoms. The summed E-state index contributed by atoms with van der Waals surface area (Å²) in [5.41, 5.74) is 2.03. The number of fused-ring (bicyclic) bond motifs is 1. The van der Waals surface area contributed by atoms with Crippen LogP contribution in [0, 0.1) is 0 Å². The van der Waals surface area contributed by atoms with E-state index in [4.69, 9.17) is 0 Å². The number of para-hydroxylation sites is 1. The van der Waals surface area contributed by atoms with Gasteiger partial charge in [0.05, 0.1) is 4.87 Å². The molecule has 3 atom stereocenters. The van der Waals surface area contributed by atoms with Crippen LogP contribution in [-0.4, -0.2) is 33.4 Å². The average Bonchev–Trinajstić information content (AvgIpc) is 3.04. The fourth-order valence-corrected chi connectivity index (χ4v) is 4.92. The van der Waals surface area contributed by atoms with Crippen LogP contribution in [0.3, 0.4) is 0 Å². The molecule has 0 radical (unpaired) electrons. The number of amides is 2. The quantitative estimate of drug-likeness (QED) is 0.916. The van der Waals surface area contributed by atoms with Crippen LogP contribution in [-0.2, 0) is 9.59 Å². The predicted octanol–water partition coefficient (Wildman–Crippen LogP) is 3.59. The lowest BCUT2D eigenvalue weighted by Gasteiger charge is -2.30.